The molecule has 0 saturated carbocycles. The standard InChI is InChI=1S/C26H26FN3O2/c1-18-16-20(25(31)30-15-7-6-9-19-8-2-5-12-24(19)30)13-14-21(18)17-28-26(32)29-23-11-4-3-10-22(23)27/h2-5,8,10-14,16H,6-7,9,15,17H2,1H3,(H2,28,29,32). The summed E-state index contributed by atoms with van der Waals surface area (Å²) in [5, 5.41) is 5.24. The number of halogens is 1. The van der Waals surface area contributed by atoms with Gasteiger partial charge < -0.3 is 15.5 Å². The number of carbonyl (C=O) groups excluding carboxylic acids is 2. The first-order valence-corrected chi connectivity index (χ1v) is 10.8. The van der Waals surface area contributed by atoms with Gasteiger partial charge in [0.25, 0.3) is 5.91 Å². The summed E-state index contributed by atoms with van der Waals surface area (Å²) in [6.45, 7) is 2.89. The molecule has 32 heavy (non-hydrogen) atoms. The monoisotopic (exact) mass is 431 g/mol. The molecular weight excluding hydrogens is 405 g/mol. The zero-order valence-electron chi connectivity index (χ0n) is 18.0. The van der Waals surface area contributed by atoms with Crippen LogP contribution < -0.4 is 15.5 Å². The van der Waals surface area contributed by atoms with Crippen LogP contribution in [0, 0.1) is 12.7 Å². The average Bonchev–Trinajstić information content (AvgIpc) is 3.02. The van der Waals surface area contributed by atoms with Crippen molar-refractivity contribution in [2.75, 3.05) is 16.8 Å². The lowest BCUT2D eigenvalue weighted by Gasteiger charge is -2.23. The van der Waals surface area contributed by atoms with Gasteiger partial charge >= 0.3 is 6.03 Å². The first-order valence-electron chi connectivity index (χ1n) is 10.8. The normalized spacial score (nSPS) is 13.1. The summed E-state index contributed by atoms with van der Waals surface area (Å²) in [6.07, 6.45) is 3.02. The smallest absolute Gasteiger partial charge is 0.319 e. The predicted molar refractivity (Wildman–Crippen MR) is 124 cm³/mol. The van der Waals surface area contributed by atoms with Crippen LogP contribution in [-0.2, 0) is 13.0 Å². The van der Waals surface area contributed by atoms with Crippen LogP contribution in [0.2, 0.25) is 0 Å². The molecule has 0 unspecified atom stereocenters. The second-order valence-corrected chi connectivity index (χ2v) is 7.97. The van der Waals surface area contributed by atoms with Crippen LogP contribution in [0.15, 0.2) is 66.7 Å². The number of hydrogen-bond donors (Lipinski definition) is 2. The molecule has 0 aliphatic carbocycles. The lowest BCUT2D eigenvalue weighted by Crippen LogP contribution is -2.32. The number of hydrogen-bond acceptors (Lipinski definition) is 2. The molecular formula is C26H26FN3O2. The minimum Gasteiger partial charge on any atom is -0.334 e. The molecule has 164 valence electrons. The molecule has 0 spiro atoms. The summed E-state index contributed by atoms with van der Waals surface area (Å²) in [5.74, 6) is -0.504. The molecule has 4 rings (SSSR count). The van der Waals surface area contributed by atoms with E-state index in [1.54, 1.807) is 18.2 Å². The molecule has 0 radical (unpaired) electrons. The van der Waals surface area contributed by atoms with Gasteiger partial charge in [-0.2, -0.15) is 0 Å². The van der Waals surface area contributed by atoms with E-state index >= 15 is 0 Å². The molecule has 3 aromatic carbocycles. The Bertz CT molecular complexity index is 1150. The highest BCUT2D eigenvalue weighted by Gasteiger charge is 2.22. The van der Waals surface area contributed by atoms with E-state index in [2.05, 4.69) is 16.7 Å². The number of urea groups is 1. The molecule has 3 amide bonds. The summed E-state index contributed by atoms with van der Waals surface area (Å²) in [5.41, 5.74) is 4.74. The van der Waals surface area contributed by atoms with E-state index in [9.17, 15) is 14.0 Å². The van der Waals surface area contributed by atoms with E-state index in [0.717, 1.165) is 36.1 Å². The fourth-order valence-corrected chi connectivity index (χ4v) is 3.99. The molecule has 6 heteroatoms. The summed E-state index contributed by atoms with van der Waals surface area (Å²) in [6, 6.07) is 19.1. The van der Waals surface area contributed by atoms with E-state index < -0.39 is 11.8 Å². The van der Waals surface area contributed by atoms with Crippen molar-refractivity contribution in [1.29, 1.82) is 0 Å². The van der Waals surface area contributed by atoms with Gasteiger partial charge in [0, 0.05) is 24.3 Å². The molecule has 0 atom stereocenters. The number of benzene rings is 3. The van der Waals surface area contributed by atoms with Crippen molar-refractivity contribution in [2.24, 2.45) is 0 Å². The van der Waals surface area contributed by atoms with Gasteiger partial charge in [-0.1, -0.05) is 36.4 Å². The SMILES string of the molecule is Cc1cc(C(=O)N2CCCCc3ccccc32)ccc1CNC(=O)Nc1ccccc1F. The summed E-state index contributed by atoms with van der Waals surface area (Å²) < 4.78 is 13.7. The molecule has 1 aliphatic rings. The highest BCUT2D eigenvalue weighted by molar-refractivity contribution is 6.06. The van der Waals surface area contributed by atoms with Gasteiger partial charge in [0.05, 0.1) is 5.69 Å². The van der Waals surface area contributed by atoms with Crippen molar-refractivity contribution >= 4 is 23.3 Å². The van der Waals surface area contributed by atoms with Crippen LogP contribution in [0.5, 0.6) is 0 Å². The fourth-order valence-electron chi connectivity index (χ4n) is 3.99. The number of rotatable bonds is 4. The van der Waals surface area contributed by atoms with Crippen molar-refractivity contribution in [1.82, 2.24) is 5.32 Å². The van der Waals surface area contributed by atoms with Gasteiger partial charge in [-0.15, -0.1) is 0 Å². The minimum absolute atomic E-state index is 0.0146. The maximum atomic E-state index is 13.7. The Hall–Kier alpha value is -3.67. The zero-order chi connectivity index (χ0) is 22.5. The number of fused-ring (bicyclic) bond motifs is 1. The largest absolute Gasteiger partial charge is 0.334 e. The lowest BCUT2D eigenvalue weighted by atomic mass is 10.0. The second-order valence-electron chi connectivity index (χ2n) is 7.97. The number of carbonyl (C=O) groups is 2. The number of anilines is 2. The molecule has 1 heterocycles. The Morgan fingerprint density at radius 2 is 1.78 bits per heavy atom. The Kier molecular flexibility index (Phi) is 6.50. The molecule has 0 bridgehead atoms. The number of amides is 3. The average molecular weight is 432 g/mol. The quantitative estimate of drug-likeness (QED) is 0.578. The van der Waals surface area contributed by atoms with Crippen LogP contribution in [0.1, 0.15) is 39.9 Å². The number of nitrogens with zero attached hydrogens (tertiary/aromatic N) is 1. The van der Waals surface area contributed by atoms with Gasteiger partial charge in [0.15, 0.2) is 0 Å². The first kappa shape index (κ1) is 21.6. The molecule has 5 nitrogen and oxygen atoms in total. The second kappa shape index (κ2) is 9.64. The highest BCUT2D eigenvalue weighted by Crippen LogP contribution is 2.28. The van der Waals surface area contributed by atoms with Gasteiger partial charge in [-0.05, 0) is 73.2 Å². The first-order chi connectivity index (χ1) is 15.5. The van der Waals surface area contributed by atoms with Crippen LogP contribution >= 0.6 is 0 Å². The third-order valence-electron chi connectivity index (χ3n) is 5.76. The van der Waals surface area contributed by atoms with Crippen LogP contribution in [0.4, 0.5) is 20.6 Å². The van der Waals surface area contributed by atoms with Gasteiger partial charge in [0.2, 0.25) is 0 Å². The lowest BCUT2D eigenvalue weighted by molar-refractivity contribution is 0.0987. The predicted octanol–water partition coefficient (Wildman–Crippen LogP) is 5.44. The zero-order valence-corrected chi connectivity index (χ0v) is 18.0. The number of aryl methyl sites for hydroxylation is 2. The van der Waals surface area contributed by atoms with Gasteiger partial charge in [-0.3, -0.25) is 4.79 Å². The molecule has 1 aliphatic heterocycles. The van der Waals surface area contributed by atoms with Crippen LogP contribution in [-0.4, -0.2) is 18.5 Å². The topological polar surface area (TPSA) is 61.4 Å². The summed E-state index contributed by atoms with van der Waals surface area (Å²) >= 11 is 0. The fraction of sp³-hybridized carbons (Fsp3) is 0.231. The van der Waals surface area contributed by atoms with E-state index in [1.165, 1.54) is 17.7 Å². The van der Waals surface area contributed by atoms with E-state index in [1.807, 2.05) is 42.2 Å². The van der Waals surface area contributed by atoms with E-state index in [4.69, 9.17) is 0 Å². The summed E-state index contributed by atoms with van der Waals surface area (Å²) in [7, 11) is 0. The molecule has 0 aromatic heterocycles. The maximum absolute atomic E-state index is 13.7. The molecule has 0 fully saturated rings. The Labute approximate surface area is 187 Å². The molecule has 2 N–H and O–H groups in total. The number of para-hydroxylation sites is 2. The third-order valence-corrected chi connectivity index (χ3v) is 5.76. The third kappa shape index (κ3) is 4.80. The van der Waals surface area contributed by atoms with Crippen molar-refractivity contribution in [3.05, 3.63) is 94.8 Å². The van der Waals surface area contributed by atoms with Crippen molar-refractivity contribution in [3.63, 3.8) is 0 Å². The van der Waals surface area contributed by atoms with Crippen LogP contribution in [0.25, 0.3) is 0 Å². The maximum Gasteiger partial charge on any atom is 0.319 e. The van der Waals surface area contributed by atoms with Crippen molar-refractivity contribution in [3.8, 4) is 0 Å². The number of nitrogens with one attached hydrogen (secondary N) is 2. The van der Waals surface area contributed by atoms with Gasteiger partial charge in [-0.25, -0.2) is 9.18 Å². The Morgan fingerprint density at radius 1 is 1.00 bits per heavy atom. The molecule has 0 saturated heterocycles. The van der Waals surface area contributed by atoms with Gasteiger partial charge in [0.1, 0.15) is 5.82 Å². The highest BCUT2D eigenvalue weighted by atomic mass is 19.1. The minimum atomic E-state index is -0.490. The Balaban J connectivity index is 1.44. The van der Waals surface area contributed by atoms with Crippen LogP contribution in [0.3, 0.4) is 0 Å². The van der Waals surface area contributed by atoms with E-state index in [0.29, 0.717) is 12.1 Å². The summed E-state index contributed by atoms with van der Waals surface area (Å²) in [4.78, 5) is 27.3. The van der Waals surface area contributed by atoms with Crippen molar-refractivity contribution in [2.45, 2.75) is 32.7 Å². The Morgan fingerprint density at radius 3 is 2.59 bits per heavy atom. The van der Waals surface area contributed by atoms with Crippen molar-refractivity contribution < 1.29 is 14.0 Å². The molecule has 3 aromatic rings. The van der Waals surface area contributed by atoms with E-state index in [-0.39, 0.29) is 18.1 Å².